The molecule has 1 aromatic carbocycles. The minimum atomic E-state index is -0.269. The lowest BCUT2D eigenvalue weighted by molar-refractivity contribution is 0.181. The van der Waals surface area contributed by atoms with E-state index in [2.05, 4.69) is 9.97 Å². The summed E-state index contributed by atoms with van der Waals surface area (Å²) >= 11 is 5.89. The van der Waals surface area contributed by atoms with Crippen molar-refractivity contribution in [3.63, 3.8) is 0 Å². The van der Waals surface area contributed by atoms with Crippen molar-refractivity contribution >= 4 is 11.6 Å². The molecule has 0 saturated carbocycles. The molecule has 2 rings (SSSR count). The summed E-state index contributed by atoms with van der Waals surface area (Å²) in [6.45, 7) is 0.354. The summed E-state index contributed by atoms with van der Waals surface area (Å²) in [6, 6.07) is 8.18. The van der Waals surface area contributed by atoms with Gasteiger partial charge in [-0.15, -0.1) is 0 Å². The van der Waals surface area contributed by atoms with Crippen LogP contribution in [0.2, 0.25) is 5.15 Å². The molecule has 0 N–H and O–H groups in total. The Morgan fingerprint density at radius 3 is 2.78 bits per heavy atom. The fourth-order valence-corrected chi connectivity index (χ4v) is 1.85. The van der Waals surface area contributed by atoms with Gasteiger partial charge in [-0.1, -0.05) is 29.8 Å². The van der Waals surface area contributed by atoms with Gasteiger partial charge in [0, 0.05) is 13.5 Å². The quantitative estimate of drug-likeness (QED) is 0.798. The van der Waals surface area contributed by atoms with E-state index in [1.54, 1.807) is 31.4 Å². The Bertz CT molecular complexity index is 548. The summed E-state index contributed by atoms with van der Waals surface area (Å²) < 4.78 is 18.5. The maximum atomic E-state index is 13.5. The molecule has 0 amide bonds. The maximum absolute atomic E-state index is 13.5. The maximum Gasteiger partial charge on any atom is 0.134 e. The lowest BCUT2D eigenvalue weighted by atomic mass is 10.1. The first-order chi connectivity index (χ1) is 8.69. The lowest BCUT2D eigenvalue weighted by Crippen LogP contribution is -2.03. The Kier molecular flexibility index (Phi) is 4.23. The molecule has 0 aliphatic carbocycles. The first-order valence-electron chi connectivity index (χ1n) is 5.43. The van der Waals surface area contributed by atoms with Crippen molar-refractivity contribution in [1.29, 1.82) is 0 Å². The van der Waals surface area contributed by atoms with Crippen LogP contribution in [0.15, 0.2) is 30.3 Å². The minimum absolute atomic E-state index is 0.269. The van der Waals surface area contributed by atoms with Gasteiger partial charge >= 0.3 is 0 Å². The normalized spacial score (nSPS) is 10.6. The Labute approximate surface area is 110 Å². The van der Waals surface area contributed by atoms with Crippen molar-refractivity contribution in [3.05, 3.63) is 58.4 Å². The van der Waals surface area contributed by atoms with Crippen molar-refractivity contribution in [1.82, 2.24) is 9.97 Å². The van der Waals surface area contributed by atoms with Crippen LogP contribution in [0.25, 0.3) is 0 Å². The molecular weight excluding hydrogens is 255 g/mol. The van der Waals surface area contributed by atoms with Crippen LogP contribution in [0.5, 0.6) is 0 Å². The SMILES string of the molecule is COCc1cc(Cl)nc(Cc2ccccc2F)n1. The number of hydrogen-bond donors (Lipinski definition) is 0. The Morgan fingerprint density at radius 2 is 2.06 bits per heavy atom. The highest BCUT2D eigenvalue weighted by molar-refractivity contribution is 6.29. The van der Waals surface area contributed by atoms with Crippen LogP contribution < -0.4 is 0 Å². The number of nitrogens with zero attached hydrogens (tertiary/aromatic N) is 2. The molecule has 5 heteroatoms. The summed E-state index contributed by atoms with van der Waals surface area (Å²) in [5.74, 6) is 0.217. The van der Waals surface area contributed by atoms with E-state index in [0.29, 0.717) is 35.3 Å². The number of aromatic nitrogens is 2. The molecule has 94 valence electrons. The second kappa shape index (κ2) is 5.89. The lowest BCUT2D eigenvalue weighted by Gasteiger charge is -2.05. The third kappa shape index (κ3) is 3.24. The average molecular weight is 267 g/mol. The number of hydrogen-bond acceptors (Lipinski definition) is 3. The van der Waals surface area contributed by atoms with E-state index in [-0.39, 0.29) is 5.82 Å². The molecule has 0 aliphatic heterocycles. The van der Waals surface area contributed by atoms with Crippen LogP contribution in [0.4, 0.5) is 4.39 Å². The number of benzene rings is 1. The van der Waals surface area contributed by atoms with Gasteiger partial charge in [-0.05, 0) is 17.7 Å². The molecule has 0 spiro atoms. The van der Waals surface area contributed by atoms with Gasteiger partial charge in [0.15, 0.2) is 0 Å². The summed E-state index contributed by atoms with van der Waals surface area (Å²) in [7, 11) is 1.58. The van der Waals surface area contributed by atoms with Gasteiger partial charge in [-0.3, -0.25) is 0 Å². The Balaban J connectivity index is 2.26. The predicted octanol–water partition coefficient (Wildman–Crippen LogP) is 3.01. The van der Waals surface area contributed by atoms with Gasteiger partial charge in [0.25, 0.3) is 0 Å². The zero-order valence-corrected chi connectivity index (χ0v) is 10.6. The van der Waals surface area contributed by atoms with Gasteiger partial charge < -0.3 is 4.74 Å². The van der Waals surface area contributed by atoms with Crippen molar-refractivity contribution in [2.24, 2.45) is 0 Å². The fourth-order valence-electron chi connectivity index (χ4n) is 1.63. The van der Waals surface area contributed by atoms with E-state index in [0.717, 1.165) is 0 Å². The van der Waals surface area contributed by atoms with Gasteiger partial charge in [0.2, 0.25) is 0 Å². The van der Waals surface area contributed by atoms with Crippen LogP contribution in [0.1, 0.15) is 17.1 Å². The average Bonchev–Trinajstić information content (AvgIpc) is 2.32. The molecule has 0 radical (unpaired) electrons. The molecule has 18 heavy (non-hydrogen) atoms. The first kappa shape index (κ1) is 12.9. The minimum Gasteiger partial charge on any atom is -0.378 e. The number of rotatable bonds is 4. The smallest absolute Gasteiger partial charge is 0.134 e. The van der Waals surface area contributed by atoms with Crippen molar-refractivity contribution in [3.8, 4) is 0 Å². The fraction of sp³-hybridized carbons (Fsp3) is 0.231. The van der Waals surface area contributed by atoms with Gasteiger partial charge in [0.1, 0.15) is 16.8 Å². The van der Waals surface area contributed by atoms with Crippen LogP contribution in [-0.2, 0) is 17.8 Å². The number of methoxy groups -OCH3 is 1. The van der Waals surface area contributed by atoms with Crippen LogP contribution in [-0.4, -0.2) is 17.1 Å². The highest BCUT2D eigenvalue weighted by Crippen LogP contribution is 2.14. The molecule has 1 heterocycles. The third-order valence-corrected chi connectivity index (χ3v) is 2.59. The number of halogens is 2. The van der Waals surface area contributed by atoms with Crippen molar-refractivity contribution in [2.75, 3.05) is 7.11 Å². The summed E-state index contributed by atoms with van der Waals surface area (Å²) in [4.78, 5) is 8.36. The molecule has 1 aromatic heterocycles. The van der Waals surface area contributed by atoms with Gasteiger partial charge in [-0.25, -0.2) is 14.4 Å². The van der Waals surface area contributed by atoms with Gasteiger partial charge in [0.05, 0.1) is 12.3 Å². The van der Waals surface area contributed by atoms with Crippen LogP contribution in [0.3, 0.4) is 0 Å². The summed E-state index contributed by atoms with van der Waals surface area (Å²) in [6.07, 6.45) is 0.309. The van der Waals surface area contributed by atoms with Crippen molar-refractivity contribution < 1.29 is 9.13 Å². The Hall–Kier alpha value is -1.52. The molecule has 0 aliphatic rings. The highest BCUT2D eigenvalue weighted by atomic mass is 35.5. The molecule has 0 fully saturated rings. The van der Waals surface area contributed by atoms with Crippen LogP contribution >= 0.6 is 11.6 Å². The zero-order valence-electron chi connectivity index (χ0n) is 9.86. The second-order valence-corrected chi connectivity index (χ2v) is 4.19. The topological polar surface area (TPSA) is 35.0 Å². The van der Waals surface area contributed by atoms with E-state index in [1.807, 2.05) is 0 Å². The van der Waals surface area contributed by atoms with Crippen LogP contribution in [0, 0.1) is 5.82 Å². The van der Waals surface area contributed by atoms with E-state index >= 15 is 0 Å². The molecule has 0 unspecified atom stereocenters. The first-order valence-corrected chi connectivity index (χ1v) is 5.81. The van der Waals surface area contributed by atoms with Crippen molar-refractivity contribution in [2.45, 2.75) is 13.0 Å². The van der Waals surface area contributed by atoms with E-state index in [1.165, 1.54) is 6.07 Å². The highest BCUT2D eigenvalue weighted by Gasteiger charge is 2.07. The molecule has 2 aromatic rings. The Morgan fingerprint density at radius 1 is 1.28 bits per heavy atom. The second-order valence-electron chi connectivity index (χ2n) is 3.80. The monoisotopic (exact) mass is 266 g/mol. The summed E-state index contributed by atoms with van der Waals surface area (Å²) in [5.41, 5.74) is 1.23. The number of ether oxygens (including phenoxy) is 1. The van der Waals surface area contributed by atoms with E-state index in [9.17, 15) is 4.39 Å². The molecule has 0 atom stereocenters. The van der Waals surface area contributed by atoms with Gasteiger partial charge in [-0.2, -0.15) is 0 Å². The molecule has 0 saturated heterocycles. The third-order valence-electron chi connectivity index (χ3n) is 2.39. The molecule has 3 nitrogen and oxygen atoms in total. The zero-order chi connectivity index (χ0) is 13.0. The largest absolute Gasteiger partial charge is 0.378 e. The predicted molar refractivity (Wildman–Crippen MR) is 67.0 cm³/mol. The molecule has 0 bridgehead atoms. The molecular formula is C13H12ClFN2O. The summed E-state index contributed by atoms with van der Waals surface area (Å²) in [5, 5.41) is 0.336. The van der Waals surface area contributed by atoms with E-state index in [4.69, 9.17) is 16.3 Å². The standard InChI is InChI=1S/C13H12ClFN2O/c1-18-8-10-7-12(14)17-13(16-10)6-9-4-2-3-5-11(9)15/h2-5,7H,6,8H2,1H3. The van der Waals surface area contributed by atoms with E-state index < -0.39 is 0 Å².